The molecule has 1 heterocycles. The molecule has 1 amide bonds. The van der Waals surface area contributed by atoms with Gasteiger partial charge in [0.15, 0.2) is 5.69 Å². The maximum Gasteiger partial charge on any atom is 0.389 e. The molecule has 3 rings (SSSR count). The topological polar surface area (TPSA) is 56.2 Å². The molecule has 1 aliphatic carbocycles. The molecular weight excluding hydrogens is 529 g/mol. The molecule has 1 saturated carbocycles. The largest absolute Gasteiger partial charge is 0.434 e. The number of nitrogens with zero attached hydrogens (tertiary/aromatic N) is 2. The number of hydrogen-bond acceptors (Lipinski definition) is 3. The van der Waals surface area contributed by atoms with Crippen LogP contribution in [0.4, 0.5) is 22.0 Å². The first-order valence-electron chi connectivity index (χ1n) is 12.9. The van der Waals surface area contributed by atoms with E-state index in [1.54, 1.807) is 13.0 Å². The molecular formula is C27H35ClF5N3O2. The minimum Gasteiger partial charge on any atom is -0.434 e. The van der Waals surface area contributed by atoms with E-state index in [1.165, 1.54) is 30.7 Å². The lowest BCUT2D eigenvalue weighted by Crippen LogP contribution is -2.31. The molecule has 1 aliphatic rings. The van der Waals surface area contributed by atoms with E-state index in [2.05, 4.69) is 17.3 Å². The quantitative estimate of drug-likeness (QED) is 0.299. The smallest absolute Gasteiger partial charge is 0.389 e. The second-order valence-corrected chi connectivity index (χ2v) is 11.4. The van der Waals surface area contributed by atoms with Crippen LogP contribution in [-0.4, -0.2) is 35.0 Å². The summed E-state index contributed by atoms with van der Waals surface area (Å²) in [5, 5.41) is 7.22. The number of rotatable bonds is 10. The van der Waals surface area contributed by atoms with Crippen LogP contribution in [0.3, 0.4) is 0 Å². The summed E-state index contributed by atoms with van der Waals surface area (Å²) in [6, 6.07) is 4.32. The van der Waals surface area contributed by atoms with Crippen molar-refractivity contribution in [2.24, 2.45) is 17.3 Å². The van der Waals surface area contributed by atoms with Crippen molar-refractivity contribution in [2.75, 3.05) is 6.54 Å². The lowest BCUT2D eigenvalue weighted by atomic mass is 9.82. The summed E-state index contributed by atoms with van der Waals surface area (Å²) < 4.78 is 71.8. The molecule has 0 saturated heterocycles. The molecule has 5 nitrogen and oxygen atoms in total. The van der Waals surface area contributed by atoms with E-state index < -0.39 is 30.5 Å². The Balaban J connectivity index is 1.89. The van der Waals surface area contributed by atoms with Gasteiger partial charge in [-0.25, -0.2) is 0 Å². The number of carbonyl (C=O) groups is 1. The summed E-state index contributed by atoms with van der Waals surface area (Å²) in [7, 11) is 0. The molecule has 0 unspecified atom stereocenters. The van der Waals surface area contributed by atoms with Gasteiger partial charge in [-0.1, -0.05) is 51.3 Å². The average Bonchev–Trinajstić information content (AvgIpc) is 3.12. The van der Waals surface area contributed by atoms with Gasteiger partial charge in [0.25, 0.3) is 5.91 Å². The van der Waals surface area contributed by atoms with E-state index in [-0.39, 0.29) is 40.7 Å². The van der Waals surface area contributed by atoms with Crippen LogP contribution in [0.25, 0.3) is 11.3 Å². The number of ether oxygens (including phenoxy) is 1. The first kappa shape index (κ1) is 30.2. The normalized spacial score (nSPS) is 18.6. The Labute approximate surface area is 225 Å². The summed E-state index contributed by atoms with van der Waals surface area (Å²) in [6.07, 6.45) is -1.10. The fourth-order valence-electron chi connectivity index (χ4n) is 5.15. The zero-order chi connectivity index (χ0) is 28.3. The van der Waals surface area contributed by atoms with Crippen LogP contribution in [0.5, 0.6) is 5.75 Å². The SMILES string of the molecule is CCn1nc(C(=O)NCC2CCC(C)CC2)c(Cl)c1-c1ccc(CC(C)(C)CC(F)(F)F)cc1OC(F)F. The first-order valence-corrected chi connectivity index (χ1v) is 13.3. The van der Waals surface area contributed by atoms with Gasteiger partial charge in [-0.3, -0.25) is 9.48 Å². The zero-order valence-electron chi connectivity index (χ0n) is 22.1. The molecule has 1 aromatic carbocycles. The van der Waals surface area contributed by atoms with Gasteiger partial charge in [0.05, 0.1) is 10.7 Å². The Hall–Kier alpha value is -2.36. The van der Waals surface area contributed by atoms with E-state index in [1.807, 2.05) is 0 Å². The van der Waals surface area contributed by atoms with E-state index in [0.717, 1.165) is 25.7 Å². The number of amides is 1. The number of halogens is 6. The van der Waals surface area contributed by atoms with Crippen molar-refractivity contribution in [3.8, 4) is 17.0 Å². The van der Waals surface area contributed by atoms with E-state index in [4.69, 9.17) is 16.3 Å². The Morgan fingerprint density at radius 2 is 1.87 bits per heavy atom. The summed E-state index contributed by atoms with van der Waals surface area (Å²) in [4.78, 5) is 13.0. The van der Waals surface area contributed by atoms with E-state index in [9.17, 15) is 26.7 Å². The number of alkyl halides is 5. The molecule has 38 heavy (non-hydrogen) atoms. The fourth-order valence-corrected chi connectivity index (χ4v) is 5.47. The summed E-state index contributed by atoms with van der Waals surface area (Å²) in [6.45, 7) is 4.52. The highest BCUT2D eigenvalue weighted by Gasteiger charge is 2.36. The van der Waals surface area contributed by atoms with Gasteiger partial charge in [0.2, 0.25) is 0 Å². The Morgan fingerprint density at radius 1 is 1.21 bits per heavy atom. The molecule has 1 aromatic heterocycles. The first-order chi connectivity index (χ1) is 17.7. The third-order valence-electron chi connectivity index (χ3n) is 6.97. The highest BCUT2D eigenvalue weighted by molar-refractivity contribution is 6.36. The van der Waals surface area contributed by atoms with Gasteiger partial charge in [-0.2, -0.15) is 27.1 Å². The van der Waals surface area contributed by atoms with Crippen molar-refractivity contribution in [1.29, 1.82) is 0 Å². The van der Waals surface area contributed by atoms with Gasteiger partial charge in [-0.05, 0) is 61.1 Å². The molecule has 2 aromatic rings. The van der Waals surface area contributed by atoms with Crippen LogP contribution in [-0.2, 0) is 13.0 Å². The Bertz CT molecular complexity index is 1110. The second kappa shape index (κ2) is 12.2. The van der Waals surface area contributed by atoms with E-state index in [0.29, 0.717) is 23.9 Å². The molecule has 0 atom stereocenters. The monoisotopic (exact) mass is 563 g/mol. The molecule has 212 valence electrons. The summed E-state index contributed by atoms with van der Waals surface area (Å²) >= 11 is 6.59. The highest BCUT2D eigenvalue weighted by Crippen LogP contribution is 2.41. The van der Waals surface area contributed by atoms with Gasteiger partial charge in [0.1, 0.15) is 5.75 Å². The minimum atomic E-state index is -4.36. The van der Waals surface area contributed by atoms with Crippen LogP contribution in [0.2, 0.25) is 5.02 Å². The van der Waals surface area contributed by atoms with Gasteiger partial charge >= 0.3 is 12.8 Å². The Morgan fingerprint density at radius 3 is 2.45 bits per heavy atom. The molecule has 0 spiro atoms. The second-order valence-electron chi connectivity index (χ2n) is 11.0. The lowest BCUT2D eigenvalue weighted by Gasteiger charge is -2.26. The third kappa shape index (κ3) is 8.07. The van der Waals surface area contributed by atoms with Crippen molar-refractivity contribution >= 4 is 17.5 Å². The number of aromatic nitrogens is 2. The number of carbonyl (C=O) groups excluding carboxylic acids is 1. The van der Waals surface area contributed by atoms with Gasteiger partial charge in [0, 0.05) is 25.1 Å². The van der Waals surface area contributed by atoms with Gasteiger partial charge in [-0.15, -0.1) is 0 Å². The van der Waals surface area contributed by atoms with E-state index >= 15 is 0 Å². The number of aryl methyl sites for hydroxylation is 1. The van der Waals surface area contributed by atoms with Crippen LogP contribution in [0, 0.1) is 17.3 Å². The number of benzene rings is 1. The van der Waals surface area contributed by atoms with Crippen LogP contribution in [0.15, 0.2) is 18.2 Å². The maximum atomic E-state index is 13.3. The predicted molar refractivity (Wildman–Crippen MR) is 137 cm³/mol. The predicted octanol–water partition coefficient (Wildman–Crippen LogP) is 7.90. The standard InChI is InChI=1S/C27H35ClF5N3O2/c1-5-36-23(21(28)22(35-36)24(37)34-14-17-8-6-16(2)7-9-17)19-11-10-18(12-20(19)38-25(29)30)13-26(3,4)15-27(31,32)33/h10-12,16-17,25H,5-9,13-15H2,1-4H3,(H,34,37). The lowest BCUT2D eigenvalue weighted by molar-refractivity contribution is -0.154. The fraction of sp³-hybridized carbons (Fsp3) is 0.630. The molecule has 1 N–H and O–H groups in total. The van der Waals surface area contributed by atoms with Crippen LogP contribution >= 0.6 is 11.6 Å². The van der Waals surface area contributed by atoms with Crippen molar-refractivity contribution in [3.63, 3.8) is 0 Å². The molecule has 1 fully saturated rings. The maximum absolute atomic E-state index is 13.3. The molecule has 0 aliphatic heterocycles. The molecule has 0 bridgehead atoms. The number of hydrogen-bond donors (Lipinski definition) is 1. The zero-order valence-corrected chi connectivity index (χ0v) is 22.9. The van der Waals surface area contributed by atoms with Crippen molar-refractivity contribution < 1.29 is 31.5 Å². The van der Waals surface area contributed by atoms with Crippen LogP contribution in [0.1, 0.15) is 75.9 Å². The molecule has 0 radical (unpaired) electrons. The Kier molecular flexibility index (Phi) is 9.71. The minimum absolute atomic E-state index is 0.00844. The van der Waals surface area contributed by atoms with Crippen molar-refractivity contribution in [3.05, 3.63) is 34.5 Å². The van der Waals surface area contributed by atoms with Gasteiger partial charge < -0.3 is 10.1 Å². The average molecular weight is 564 g/mol. The third-order valence-corrected chi connectivity index (χ3v) is 7.33. The summed E-state index contributed by atoms with van der Waals surface area (Å²) in [5.41, 5.74) is -0.389. The van der Waals surface area contributed by atoms with Crippen molar-refractivity contribution in [1.82, 2.24) is 15.1 Å². The summed E-state index contributed by atoms with van der Waals surface area (Å²) in [5.74, 6) is 0.358. The molecule has 11 heteroatoms. The van der Waals surface area contributed by atoms with Crippen molar-refractivity contribution in [2.45, 2.75) is 85.6 Å². The highest BCUT2D eigenvalue weighted by atomic mass is 35.5. The number of nitrogens with one attached hydrogen (secondary N) is 1. The van der Waals surface area contributed by atoms with Crippen LogP contribution < -0.4 is 10.1 Å².